The minimum atomic E-state index is -0.504. The third-order valence-electron chi connectivity index (χ3n) is 5.52. The number of carbonyl (C=O) groups is 1. The smallest absolute Gasteiger partial charge is 0.162 e. The number of nitrogens with zero attached hydrogens (tertiary/aromatic N) is 4. The van der Waals surface area contributed by atoms with Crippen molar-refractivity contribution in [3.8, 4) is 6.07 Å². The molecule has 1 atom stereocenters. The molecule has 2 aromatic rings. The lowest BCUT2D eigenvalue weighted by atomic mass is 9.69. The Kier molecular flexibility index (Phi) is 4.51. The van der Waals surface area contributed by atoms with Crippen molar-refractivity contribution in [1.82, 2.24) is 9.78 Å². The first-order valence-electron chi connectivity index (χ1n) is 9.42. The van der Waals surface area contributed by atoms with Gasteiger partial charge in [0.15, 0.2) is 5.78 Å². The van der Waals surface area contributed by atoms with Gasteiger partial charge in [0.25, 0.3) is 0 Å². The molecule has 4 rings (SSSR count). The summed E-state index contributed by atoms with van der Waals surface area (Å²) in [6.07, 6.45) is 4.64. The molecule has 29 heavy (non-hydrogen) atoms. The zero-order chi connectivity index (χ0) is 20.9. The number of nitrogens with two attached hydrogens (primary N) is 1. The van der Waals surface area contributed by atoms with Crippen LogP contribution in [0, 0.1) is 16.7 Å². The molecule has 2 heterocycles. The van der Waals surface area contributed by atoms with Crippen LogP contribution in [0.2, 0.25) is 5.02 Å². The Bertz CT molecular complexity index is 1100. The molecular formula is C22H22ClN5O. The molecule has 0 fully saturated rings. The van der Waals surface area contributed by atoms with Gasteiger partial charge in [0.2, 0.25) is 0 Å². The predicted molar refractivity (Wildman–Crippen MR) is 112 cm³/mol. The van der Waals surface area contributed by atoms with Crippen molar-refractivity contribution < 1.29 is 4.79 Å². The van der Waals surface area contributed by atoms with Crippen LogP contribution >= 0.6 is 11.6 Å². The number of Topliss-reactive ketones (excluding diaryl/α,β-unsaturated/α-hetero) is 1. The third kappa shape index (κ3) is 3.22. The van der Waals surface area contributed by atoms with Gasteiger partial charge < -0.3 is 5.73 Å². The van der Waals surface area contributed by atoms with Crippen LogP contribution in [0.5, 0.6) is 0 Å². The van der Waals surface area contributed by atoms with Crippen molar-refractivity contribution in [1.29, 1.82) is 5.26 Å². The van der Waals surface area contributed by atoms with Gasteiger partial charge in [0, 0.05) is 47.2 Å². The summed E-state index contributed by atoms with van der Waals surface area (Å²) in [5, 5.41) is 14.8. The summed E-state index contributed by atoms with van der Waals surface area (Å²) >= 11 is 6.06. The Morgan fingerprint density at radius 1 is 1.28 bits per heavy atom. The standard InChI is InChI=1S/C22H22ClN5O/c1-22(2)8-17-20(18(29)9-22)19(13-11-26-27(3)12-13)16(10-24)21(25)28(17)15-6-4-14(23)5-7-15/h4-7,11-12,19H,8-9,25H2,1-3H3/t19-/m0/s1. The molecule has 148 valence electrons. The van der Waals surface area contributed by atoms with Gasteiger partial charge in [-0.05, 0) is 36.1 Å². The summed E-state index contributed by atoms with van der Waals surface area (Å²) in [7, 11) is 1.81. The average Bonchev–Trinajstić information content (AvgIpc) is 3.07. The molecule has 7 heteroatoms. The van der Waals surface area contributed by atoms with Crippen LogP contribution in [0.25, 0.3) is 0 Å². The summed E-state index contributed by atoms with van der Waals surface area (Å²) < 4.78 is 1.67. The number of ketones is 1. The molecule has 1 aliphatic carbocycles. The van der Waals surface area contributed by atoms with E-state index in [4.69, 9.17) is 17.3 Å². The lowest BCUT2D eigenvalue weighted by Gasteiger charge is -2.43. The van der Waals surface area contributed by atoms with E-state index in [2.05, 4.69) is 25.0 Å². The van der Waals surface area contributed by atoms with Crippen LogP contribution in [0.1, 0.15) is 38.2 Å². The Labute approximate surface area is 174 Å². The van der Waals surface area contributed by atoms with Crippen LogP contribution in [0.15, 0.2) is 59.3 Å². The molecule has 0 unspecified atom stereocenters. The van der Waals surface area contributed by atoms with E-state index < -0.39 is 5.92 Å². The lowest BCUT2D eigenvalue weighted by molar-refractivity contribution is -0.118. The first kappa shape index (κ1) is 19.3. The fourth-order valence-corrected chi connectivity index (χ4v) is 4.44. The number of aryl methyl sites for hydroxylation is 1. The number of halogens is 1. The van der Waals surface area contributed by atoms with Crippen molar-refractivity contribution >= 4 is 23.1 Å². The molecule has 0 saturated heterocycles. The molecule has 2 N–H and O–H groups in total. The quantitative estimate of drug-likeness (QED) is 0.812. The van der Waals surface area contributed by atoms with E-state index in [1.165, 1.54) is 0 Å². The SMILES string of the molecule is Cn1cc([C@H]2C(C#N)=C(N)N(c3ccc(Cl)cc3)C3=C2C(=O)CC(C)(C)C3)cn1. The monoisotopic (exact) mass is 407 g/mol. The van der Waals surface area contributed by atoms with E-state index in [0.29, 0.717) is 34.8 Å². The van der Waals surface area contributed by atoms with Crippen LogP contribution < -0.4 is 10.6 Å². The molecule has 2 aliphatic rings. The molecule has 0 amide bonds. The average molecular weight is 408 g/mol. The molecule has 0 radical (unpaired) electrons. The fraction of sp³-hybridized carbons (Fsp3) is 0.318. The number of carbonyl (C=O) groups excluding carboxylic acids is 1. The molecule has 0 saturated carbocycles. The second-order valence-corrected chi connectivity index (χ2v) is 8.84. The number of allylic oxidation sites excluding steroid dienone is 3. The number of rotatable bonds is 2. The third-order valence-corrected chi connectivity index (χ3v) is 5.78. The second-order valence-electron chi connectivity index (χ2n) is 8.40. The lowest BCUT2D eigenvalue weighted by Crippen LogP contribution is -2.42. The van der Waals surface area contributed by atoms with Gasteiger partial charge in [-0.3, -0.25) is 14.4 Å². The summed E-state index contributed by atoms with van der Waals surface area (Å²) in [4.78, 5) is 15.2. The number of nitriles is 1. The van der Waals surface area contributed by atoms with Crippen molar-refractivity contribution in [2.24, 2.45) is 18.2 Å². The van der Waals surface area contributed by atoms with Gasteiger partial charge in [-0.25, -0.2) is 0 Å². The Morgan fingerprint density at radius 3 is 2.55 bits per heavy atom. The van der Waals surface area contributed by atoms with Crippen molar-refractivity contribution in [3.63, 3.8) is 0 Å². The number of hydrogen-bond acceptors (Lipinski definition) is 5. The van der Waals surface area contributed by atoms with E-state index in [9.17, 15) is 10.1 Å². The van der Waals surface area contributed by atoms with E-state index in [1.807, 2.05) is 30.3 Å². The highest BCUT2D eigenvalue weighted by molar-refractivity contribution is 6.30. The molecular weight excluding hydrogens is 386 g/mol. The highest BCUT2D eigenvalue weighted by atomic mass is 35.5. The highest BCUT2D eigenvalue weighted by Gasteiger charge is 2.44. The van der Waals surface area contributed by atoms with Gasteiger partial charge >= 0.3 is 0 Å². The molecule has 6 nitrogen and oxygen atoms in total. The van der Waals surface area contributed by atoms with Crippen LogP contribution in [-0.4, -0.2) is 15.6 Å². The summed E-state index contributed by atoms with van der Waals surface area (Å²) in [6.45, 7) is 4.15. The molecule has 0 bridgehead atoms. The van der Waals surface area contributed by atoms with Crippen molar-refractivity contribution in [2.75, 3.05) is 4.90 Å². The number of anilines is 1. The minimum absolute atomic E-state index is 0.0457. The number of benzene rings is 1. The van der Waals surface area contributed by atoms with Gasteiger partial charge in [0.05, 0.1) is 23.8 Å². The topological polar surface area (TPSA) is 87.9 Å². The number of hydrogen-bond donors (Lipinski definition) is 1. The minimum Gasteiger partial charge on any atom is -0.384 e. The van der Waals surface area contributed by atoms with Crippen molar-refractivity contribution in [3.05, 3.63) is 69.9 Å². The molecule has 1 aliphatic heterocycles. The van der Waals surface area contributed by atoms with Crippen LogP contribution in [-0.2, 0) is 11.8 Å². The summed E-state index contributed by atoms with van der Waals surface area (Å²) in [5.74, 6) is -0.118. The molecule has 1 aromatic heterocycles. The maximum absolute atomic E-state index is 13.3. The van der Waals surface area contributed by atoms with Crippen LogP contribution in [0.4, 0.5) is 5.69 Å². The summed E-state index contributed by atoms with van der Waals surface area (Å²) in [6, 6.07) is 9.52. The normalized spacial score (nSPS) is 21.3. The fourth-order valence-electron chi connectivity index (χ4n) is 4.32. The van der Waals surface area contributed by atoms with Crippen molar-refractivity contribution in [2.45, 2.75) is 32.6 Å². The van der Waals surface area contributed by atoms with E-state index in [0.717, 1.165) is 16.9 Å². The van der Waals surface area contributed by atoms with Gasteiger partial charge in [0.1, 0.15) is 5.82 Å². The van der Waals surface area contributed by atoms with Crippen LogP contribution in [0.3, 0.4) is 0 Å². The summed E-state index contributed by atoms with van der Waals surface area (Å²) in [5.41, 5.74) is 9.77. The van der Waals surface area contributed by atoms with E-state index >= 15 is 0 Å². The second kappa shape index (κ2) is 6.78. The van der Waals surface area contributed by atoms with E-state index in [-0.39, 0.29) is 11.2 Å². The van der Waals surface area contributed by atoms with Gasteiger partial charge in [-0.15, -0.1) is 0 Å². The first-order valence-corrected chi connectivity index (χ1v) is 9.80. The Morgan fingerprint density at radius 2 is 1.97 bits per heavy atom. The zero-order valence-electron chi connectivity index (χ0n) is 16.6. The maximum atomic E-state index is 13.3. The maximum Gasteiger partial charge on any atom is 0.162 e. The van der Waals surface area contributed by atoms with Gasteiger partial charge in [-0.1, -0.05) is 25.4 Å². The number of aromatic nitrogens is 2. The highest BCUT2D eigenvalue weighted by Crippen LogP contribution is 2.50. The molecule has 1 aromatic carbocycles. The van der Waals surface area contributed by atoms with E-state index in [1.54, 1.807) is 23.0 Å². The predicted octanol–water partition coefficient (Wildman–Crippen LogP) is 4.01. The molecule has 0 spiro atoms. The largest absolute Gasteiger partial charge is 0.384 e. The van der Waals surface area contributed by atoms with Gasteiger partial charge in [-0.2, -0.15) is 10.4 Å². The zero-order valence-corrected chi connectivity index (χ0v) is 17.4. The Balaban J connectivity index is 1.99. The Hall–Kier alpha value is -3.04. The first-order chi connectivity index (χ1) is 13.7.